The number of nitrogen functional groups attached to an aromatic ring is 1. The van der Waals surface area contributed by atoms with E-state index in [-0.39, 0.29) is 27.1 Å². The minimum Gasteiger partial charge on any atom is -0.467 e. The maximum absolute atomic E-state index is 13.7. The van der Waals surface area contributed by atoms with Gasteiger partial charge in [-0.05, 0) is 12.1 Å². The lowest BCUT2D eigenvalue weighted by Gasteiger charge is -2.28. The van der Waals surface area contributed by atoms with Crippen molar-refractivity contribution in [3.05, 3.63) is 24.2 Å². The Morgan fingerprint density at radius 2 is 2.07 bits per heavy atom. The molecule has 1 saturated heterocycles. The molecule has 1 unspecified atom stereocenters. The van der Waals surface area contributed by atoms with Crippen LogP contribution < -0.4 is 15.8 Å². The molecule has 4 N–H and O–H groups in total. The van der Waals surface area contributed by atoms with Crippen molar-refractivity contribution in [3.8, 4) is 0 Å². The van der Waals surface area contributed by atoms with Gasteiger partial charge in [0.25, 0.3) is 21.6 Å². The van der Waals surface area contributed by atoms with Gasteiger partial charge in [-0.1, -0.05) is 11.3 Å². The summed E-state index contributed by atoms with van der Waals surface area (Å²) < 4.78 is 70.6. The summed E-state index contributed by atoms with van der Waals surface area (Å²) in [6.07, 6.45) is -4.33. The van der Waals surface area contributed by atoms with E-state index in [4.69, 9.17) is 10.2 Å². The van der Waals surface area contributed by atoms with Crippen LogP contribution in [0, 0.1) is 0 Å². The molecule has 3 heterocycles. The number of halogens is 3. The van der Waals surface area contributed by atoms with E-state index in [9.17, 15) is 31.2 Å². The lowest BCUT2D eigenvalue weighted by atomic mass is 10.1. The van der Waals surface area contributed by atoms with Crippen molar-refractivity contribution >= 4 is 38.4 Å². The number of rotatable bonds is 5. The first-order valence-electron chi connectivity index (χ1n) is 6.82. The van der Waals surface area contributed by atoms with Crippen LogP contribution in [-0.2, 0) is 21.4 Å². The number of urea groups is 1. The summed E-state index contributed by atoms with van der Waals surface area (Å²) in [7, 11) is -5.00. The van der Waals surface area contributed by atoms with Crippen LogP contribution in [0.3, 0.4) is 0 Å². The first-order chi connectivity index (χ1) is 12.5. The Morgan fingerprint density at radius 3 is 2.59 bits per heavy atom. The molecule has 3 amide bonds. The summed E-state index contributed by atoms with van der Waals surface area (Å²) in [5.41, 5.74) is 1.30. The zero-order chi connectivity index (χ0) is 20.0. The van der Waals surface area contributed by atoms with Crippen molar-refractivity contribution in [2.24, 2.45) is 0 Å². The molecule has 2 aromatic rings. The summed E-state index contributed by atoms with van der Waals surface area (Å²) in [5, 5.41) is 7.37. The molecule has 11 nitrogen and oxygen atoms in total. The van der Waals surface area contributed by atoms with E-state index in [1.807, 2.05) is 0 Å². The SMILES string of the molecule is Nc1nnc(S(=O)(=O)NC2(C(F)(F)F)NC(=O)N(Cc3ccco3)C2=O)s1. The predicted molar refractivity (Wildman–Crippen MR) is 81.2 cm³/mol. The molecule has 1 fully saturated rings. The van der Waals surface area contributed by atoms with Crippen molar-refractivity contribution in [2.45, 2.75) is 22.7 Å². The highest BCUT2D eigenvalue weighted by molar-refractivity contribution is 7.91. The van der Waals surface area contributed by atoms with Gasteiger partial charge in [0.1, 0.15) is 5.76 Å². The quantitative estimate of drug-likeness (QED) is 0.563. The zero-order valence-corrected chi connectivity index (χ0v) is 14.5. The molecule has 0 spiro atoms. The van der Waals surface area contributed by atoms with E-state index >= 15 is 0 Å². The molecule has 1 aliphatic heterocycles. The van der Waals surface area contributed by atoms with Gasteiger partial charge in [-0.3, -0.25) is 9.69 Å². The summed E-state index contributed by atoms with van der Waals surface area (Å²) >= 11 is 0.279. The number of nitrogens with zero attached hydrogens (tertiary/aromatic N) is 3. The number of carbonyl (C=O) groups is 2. The van der Waals surface area contributed by atoms with Gasteiger partial charge in [0.15, 0.2) is 0 Å². The van der Waals surface area contributed by atoms with Crippen LogP contribution in [0.4, 0.5) is 23.1 Å². The highest BCUT2D eigenvalue weighted by Gasteiger charge is 2.69. The summed E-state index contributed by atoms with van der Waals surface area (Å²) in [5.74, 6) is -1.87. The van der Waals surface area contributed by atoms with Gasteiger partial charge in [-0.25, -0.2) is 13.2 Å². The minimum absolute atomic E-state index is 0.0104. The number of aromatic nitrogens is 2. The van der Waals surface area contributed by atoms with E-state index in [1.165, 1.54) is 28.4 Å². The Hall–Kier alpha value is -2.72. The molecule has 0 radical (unpaired) electrons. The highest BCUT2D eigenvalue weighted by atomic mass is 32.2. The lowest BCUT2D eigenvalue weighted by Crippen LogP contribution is -2.69. The van der Waals surface area contributed by atoms with Crippen LogP contribution >= 0.6 is 11.3 Å². The Kier molecular flexibility index (Phi) is 4.35. The molecule has 3 rings (SSSR count). The average molecular weight is 426 g/mol. The van der Waals surface area contributed by atoms with Crippen molar-refractivity contribution in [2.75, 3.05) is 5.73 Å². The number of imide groups is 1. The van der Waals surface area contributed by atoms with E-state index in [0.29, 0.717) is 0 Å². The van der Waals surface area contributed by atoms with Crippen LogP contribution in [0.15, 0.2) is 27.2 Å². The summed E-state index contributed by atoms with van der Waals surface area (Å²) in [6.45, 7) is -0.636. The third-order valence-electron chi connectivity index (χ3n) is 3.36. The van der Waals surface area contributed by atoms with E-state index in [0.717, 1.165) is 0 Å². The number of amides is 3. The van der Waals surface area contributed by atoms with Gasteiger partial charge in [-0.2, -0.15) is 17.9 Å². The number of anilines is 1. The van der Waals surface area contributed by atoms with Crippen molar-refractivity contribution in [1.29, 1.82) is 0 Å². The number of furan rings is 1. The third kappa shape index (κ3) is 3.21. The van der Waals surface area contributed by atoms with Gasteiger partial charge >= 0.3 is 12.2 Å². The van der Waals surface area contributed by atoms with E-state index in [2.05, 4.69) is 10.2 Å². The predicted octanol–water partition coefficient (Wildman–Crippen LogP) is 0.00220. The lowest BCUT2D eigenvalue weighted by molar-refractivity contribution is -0.198. The standard InChI is InChI=1S/C11H9F3N6O5S2/c12-11(13,14)10(19-27(23,24)9-18-17-7(15)26-9)6(21)20(8(22)16-10)4-5-2-1-3-25-5/h1-3,19H,4H2,(H2,15,17)(H,16,22). The molecule has 0 aromatic carbocycles. The molecule has 1 aliphatic rings. The Labute approximate surface area is 152 Å². The molecule has 27 heavy (non-hydrogen) atoms. The fraction of sp³-hybridized carbons (Fsp3) is 0.273. The first kappa shape index (κ1) is 19.1. The van der Waals surface area contributed by atoms with E-state index < -0.39 is 44.7 Å². The number of carbonyl (C=O) groups excluding carboxylic acids is 2. The van der Waals surface area contributed by atoms with Crippen molar-refractivity contribution in [3.63, 3.8) is 0 Å². The third-order valence-corrected chi connectivity index (χ3v) is 5.94. The van der Waals surface area contributed by atoms with Gasteiger partial charge in [0.05, 0.1) is 12.8 Å². The number of nitrogens with one attached hydrogen (secondary N) is 2. The van der Waals surface area contributed by atoms with Crippen LogP contribution in [0.25, 0.3) is 0 Å². The number of hydrogen-bond donors (Lipinski definition) is 3. The second-order valence-electron chi connectivity index (χ2n) is 5.16. The second-order valence-corrected chi connectivity index (χ2v) is 8.03. The van der Waals surface area contributed by atoms with Crippen LogP contribution in [0.1, 0.15) is 5.76 Å². The maximum atomic E-state index is 13.7. The zero-order valence-electron chi connectivity index (χ0n) is 12.8. The smallest absolute Gasteiger partial charge is 0.435 e. The number of alkyl halides is 3. The topological polar surface area (TPSA) is 161 Å². The molecular formula is C11H9F3N6O5S2. The van der Waals surface area contributed by atoms with Crippen molar-refractivity contribution in [1.82, 2.24) is 25.1 Å². The summed E-state index contributed by atoms with van der Waals surface area (Å²) in [4.78, 5) is 24.6. The van der Waals surface area contributed by atoms with E-state index in [1.54, 1.807) is 0 Å². The second kappa shape index (κ2) is 6.17. The average Bonchev–Trinajstić information content (AvgIpc) is 3.25. The molecule has 0 bridgehead atoms. The molecule has 146 valence electrons. The normalized spacial score (nSPS) is 20.9. The molecule has 0 aliphatic carbocycles. The van der Waals surface area contributed by atoms with Crippen LogP contribution in [0.2, 0.25) is 0 Å². The molecule has 1 atom stereocenters. The summed E-state index contributed by atoms with van der Waals surface area (Å²) in [6, 6.07) is 1.25. The van der Waals surface area contributed by atoms with Gasteiger partial charge in [0.2, 0.25) is 9.47 Å². The molecule has 2 aromatic heterocycles. The Bertz CT molecular complexity index is 989. The van der Waals surface area contributed by atoms with Gasteiger partial charge in [0, 0.05) is 0 Å². The number of hydrogen-bond acceptors (Lipinski definition) is 9. The number of sulfonamides is 1. The van der Waals surface area contributed by atoms with Gasteiger partial charge < -0.3 is 15.5 Å². The Morgan fingerprint density at radius 1 is 1.37 bits per heavy atom. The molecular weight excluding hydrogens is 417 g/mol. The maximum Gasteiger partial charge on any atom is 0.435 e. The number of nitrogens with two attached hydrogens (primary N) is 1. The van der Waals surface area contributed by atoms with Crippen molar-refractivity contribution < 1.29 is 35.6 Å². The molecule has 0 saturated carbocycles. The van der Waals surface area contributed by atoms with Gasteiger partial charge in [-0.15, -0.1) is 10.2 Å². The fourth-order valence-electron chi connectivity index (χ4n) is 2.17. The largest absolute Gasteiger partial charge is 0.467 e. The van der Waals surface area contributed by atoms with Crippen LogP contribution in [-0.4, -0.2) is 47.3 Å². The van der Waals surface area contributed by atoms with Crippen LogP contribution in [0.5, 0.6) is 0 Å². The Balaban J connectivity index is 1.99. The fourth-order valence-corrected chi connectivity index (χ4v) is 4.23. The monoisotopic (exact) mass is 426 g/mol. The molecule has 16 heteroatoms. The first-order valence-corrected chi connectivity index (χ1v) is 9.12. The minimum atomic E-state index is -5.51. The highest BCUT2D eigenvalue weighted by Crippen LogP contribution is 2.36.